The van der Waals surface area contributed by atoms with Gasteiger partial charge in [0.25, 0.3) is 0 Å². The number of hydrogen-bond acceptors (Lipinski definition) is 4. The first-order valence-electron chi connectivity index (χ1n) is 6.65. The van der Waals surface area contributed by atoms with Gasteiger partial charge in [-0.2, -0.15) is 31.4 Å². The van der Waals surface area contributed by atoms with E-state index < -0.39 is 29.4 Å². The Labute approximate surface area is 153 Å². The fourth-order valence-corrected chi connectivity index (χ4v) is 3.29. The Morgan fingerprint density at radius 1 is 1.00 bits per heavy atom. The fourth-order valence-electron chi connectivity index (χ4n) is 2.05. The number of alkyl halides is 6. The summed E-state index contributed by atoms with van der Waals surface area (Å²) in [5.41, 5.74) is -2.43. The molecule has 0 amide bonds. The third kappa shape index (κ3) is 3.56. The number of aromatic hydroxyl groups is 1. The molecule has 2 N–H and O–H groups in total. The van der Waals surface area contributed by atoms with Gasteiger partial charge >= 0.3 is 12.4 Å². The van der Waals surface area contributed by atoms with Crippen molar-refractivity contribution in [3.63, 3.8) is 0 Å². The first kappa shape index (κ1) is 18.7. The highest BCUT2D eigenvalue weighted by atomic mass is 79.9. The van der Waals surface area contributed by atoms with Crippen molar-refractivity contribution in [3.05, 3.63) is 39.3 Å². The molecule has 2 heterocycles. The number of nitrogens with one attached hydrogen (secondary N) is 1. The molecule has 138 valence electrons. The zero-order valence-electron chi connectivity index (χ0n) is 12.2. The van der Waals surface area contributed by atoms with Crippen molar-refractivity contribution in [2.24, 2.45) is 0 Å². The number of halogens is 7. The van der Waals surface area contributed by atoms with Crippen molar-refractivity contribution >= 4 is 27.3 Å². The van der Waals surface area contributed by atoms with Crippen molar-refractivity contribution in [1.29, 1.82) is 0 Å². The number of aromatic amines is 1. The van der Waals surface area contributed by atoms with E-state index in [1.807, 2.05) is 5.10 Å². The molecule has 0 aliphatic rings. The molecule has 4 nitrogen and oxygen atoms in total. The Bertz CT molecular complexity index is 962. The second-order valence-electron chi connectivity index (χ2n) is 5.05. The quantitative estimate of drug-likeness (QED) is 0.484. The summed E-state index contributed by atoms with van der Waals surface area (Å²) < 4.78 is 76.5. The molecule has 0 saturated heterocycles. The van der Waals surface area contributed by atoms with Gasteiger partial charge in [-0.15, -0.1) is 11.3 Å². The molecule has 0 saturated carbocycles. The number of phenols is 1. The Morgan fingerprint density at radius 2 is 1.69 bits per heavy atom. The van der Waals surface area contributed by atoms with E-state index in [4.69, 9.17) is 0 Å². The molecule has 1 aromatic carbocycles. The van der Waals surface area contributed by atoms with E-state index in [2.05, 4.69) is 26.0 Å². The Hall–Kier alpha value is -2.08. The van der Waals surface area contributed by atoms with Gasteiger partial charge in [-0.1, -0.05) is 0 Å². The molecule has 26 heavy (non-hydrogen) atoms. The molecule has 0 atom stereocenters. The van der Waals surface area contributed by atoms with Crippen molar-refractivity contribution in [3.8, 4) is 27.7 Å². The van der Waals surface area contributed by atoms with Crippen LogP contribution in [-0.2, 0) is 12.4 Å². The third-order valence-corrected chi connectivity index (χ3v) is 4.74. The minimum absolute atomic E-state index is 0.0224. The van der Waals surface area contributed by atoms with Crippen LogP contribution in [0.1, 0.15) is 11.3 Å². The maximum Gasteiger partial charge on any atom is 0.432 e. The first-order chi connectivity index (χ1) is 12.0. The minimum Gasteiger partial charge on any atom is -0.506 e. The maximum atomic E-state index is 12.9. The van der Waals surface area contributed by atoms with Crippen LogP contribution in [0.5, 0.6) is 5.75 Å². The lowest BCUT2D eigenvalue weighted by Crippen LogP contribution is -2.05. The number of phenolic OH excluding ortho intramolecular Hbond substituents is 1. The zero-order chi connectivity index (χ0) is 19.3. The highest BCUT2D eigenvalue weighted by molar-refractivity contribution is 9.10. The molecule has 0 unspecified atom stereocenters. The van der Waals surface area contributed by atoms with Crippen LogP contribution in [0.15, 0.2) is 28.1 Å². The van der Waals surface area contributed by atoms with Crippen LogP contribution in [0, 0.1) is 0 Å². The van der Waals surface area contributed by atoms with Gasteiger partial charge in [-0.05, 0) is 34.1 Å². The Balaban J connectivity index is 2.03. The summed E-state index contributed by atoms with van der Waals surface area (Å²) in [5, 5.41) is 16.7. The average Bonchev–Trinajstić information content (AvgIpc) is 3.16. The molecule has 3 rings (SSSR count). The smallest absolute Gasteiger partial charge is 0.432 e. The highest BCUT2D eigenvalue weighted by Gasteiger charge is 2.34. The monoisotopic (exact) mass is 457 g/mol. The molecule has 0 aliphatic heterocycles. The van der Waals surface area contributed by atoms with E-state index in [0.29, 0.717) is 6.07 Å². The SMILES string of the molecule is Oc1c(Br)cc(C(F)(F)F)cc1-c1csc(-c2cc(C(F)(F)F)[nH]n2)n1. The van der Waals surface area contributed by atoms with E-state index in [0.717, 1.165) is 23.5 Å². The normalized spacial score (nSPS) is 12.6. The average molecular weight is 458 g/mol. The van der Waals surface area contributed by atoms with Crippen LogP contribution < -0.4 is 0 Å². The van der Waals surface area contributed by atoms with E-state index >= 15 is 0 Å². The van der Waals surface area contributed by atoms with Gasteiger partial charge in [-0.3, -0.25) is 5.10 Å². The van der Waals surface area contributed by atoms with Crippen molar-refractivity contribution in [2.45, 2.75) is 12.4 Å². The number of benzene rings is 1. The molecule has 0 bridgehead atoms. The van der Waals surface area contributed by atoms with Crippen LogP contribution in [0.4, 0.5) is 26.3 Å². The summed E-state index contributed by atoms with van der Waals surface area (Å²) in [5.74, 6) is -0.465. The van der Waals surface area contributed by atoms with Gasteiger partial charge in [0.05, 0.1) is 15.7 Å². The molecule has 0 fully saturated rings. The number of hydrogen-bond donors (Lipinski definition) is 2. The lowest BCUT2D eigenvalue weighted by Gasteiger charge is -2.11. The number of rotatable bonds is 2. The molecule has 0 aliphatic carbocycles. The molecule has 0 radical (unpaired) electrons. The van der Waals surface area contributed by atoms with E-state index in [-0.39, 0.29) is 26.4 Å². The summed E-state index contributed by atoms with van der Waals surface area (Å²) in [6, 6.07) is 2.17. The van der Waals surface area contributed by atoms with Gasteiger partial charge in [0.15, 0.2) is 0 Å². The minimum atomic E-state index is -4.65. The van der Waals surface area contributed by atoms with Crippen LogP contribution in [0.25, 0.3) is 22.0 Å². The van der Waals surface area contributed by atoms with Crippen molar-refractivity contribution < 1.29 is 31.4 Å². The number of nitrogens with zero attached hydrogens (tertiary/aromatic N) is 2. The van der Waals surface area contributed by atoms with Crippen LogP contribution in [-0.4, -0.2) is 20.3 Å². The largest absolute Gasteiger partial charge is 0.506 e. The Kier molecular flexibility index (Phi) is 4.51. The lowest BCUT2D eigenvalue weighted by molar-refractivity contribution is -0.141. The molecule has 12 heteroatoms. The zero-order valence-corrected chi connectivity index (χ0v) is 14.6. The molecular weight excluding hydrogens is 452 g/mol. The summed E-state index contributed by atoms with van der Waals surface area (Å²) in [4.78, 5) is 3.99. The summed E-state index contributed by atoms with van der Waals surface area (Å²) in [6.07, 6.45) is -9.26. The third-order valence-electron chi connectivity index (χ3n) is 3.27. The van der Waals surface area contributed by atoms with Crippen molar-refractivity contribution in [2.75, 3.05) is 0 Å². The van der Waals surface area contributed by atoms with Crippen LogP contribution >= 0.6 is 27.3 Å². The van der Waals surface area contributed by atoms with Gasteiger partial charge in [0.2, 0.25) is 0 Å². The van der Waals surface area contributed by atoms with E-state index in [1.54, 1.807) is 0 Å². The van der Waals surface area contributed by atoms with E-state index in [1.165, 1.54) is 5.38 Å². The summed E-state index contributed by atoms with van der Waals surface area (Å²) in [6.45, 7) is 0. The first-order valence-corrected chi connectivity index (χ1v) is 8.32. The summed E-state index contributed by atoms with van der Waals surface area (Å²) in [7, 11) is 0. The lowest BCUT2D eigenvalue weighted by atomic mass is 10.1. The van der Waals surface area contributed by atoms with Gasteiger partial charge in [-0.25, -0.2) is 4.98 Å². The maximum absolute atomic E-state index is 12.9. The van der Waals surface area contributed by atoms with Gasteiger partial charge in [0, 0.05) is 10.9 Å². The predicted octanol–water partition coefficient (Wildman–Crippen LogP) is 5.71. The molecular formula is C14H6BrF6N3OS. The fraction of sp³-hybridized carbons (Fsp3) is 0.143. The molecule has 0 spiro atoms. The second kappa shape index (κ2) is 6.27. The van der Waals surface area contributed by atoms with Crippen molar-refractivity contribution in [1.82, 2.24) is 15.2 Å². The molecule has 2 aromatic heterocycles. The summed E-state index contributed by atoms with van der Waals surface area (Å²) >= 11 is 3.73. The van der Waals surface area contributed by atoms with Gasteiger partial charge in [0.1, 0.15) is 22.1 Å². The number of H-pyrrole nitrogens is 1. The topological polar surface area (TPSA) is 61.8 Å². The van der Waals surface area contributed by atoms with E-state index in [9.17, 15) is 31.4 Å². The second-order valence-corrected chi connectivity index (χ2v) is 6.77. The number of thiazole rings is 1. The van der Waals surface area contributed by atoms with Crippen LogP contribution in [0.3, 0.4) is 0 Å². The van der Waals surface area contributed by atoms with Gasteiger partial charge < -0.3 is 5.11 Å². The highest BCUT2D eigenvalue weighted by Crippen LogP contribution is 2.42. The Morgan fingerprint density at radius 3 is 2.27 bits per heavy atom. The predicted molar refractivity (Wildman–Crippen MR) is 84.5 cm³/mol. The standard InChI is InChI=1S/C14H6BrF6N3OS/c15-7-2-5(13(16,17)18)1-6(11(7)25)9-4-26-12(22-9)8-3-10(24-23-8)14(19,20)21/h1-4,25H,(H,23,24). The number of aromatic nitrogens is 3. The van der Waals surface area contributed by atoms with Crippen LogP contribution in [0.2, 0.25) is 0 Å². The molecule has 3 aromatic rings.